The number of carbonyl (C=O) groups excluding carboxylic acids is 1. The van der Waals surface area contributed by atoms with E-state index in [2.05, 4.69) is 30.4 Å². The molecule has 0 bridgehead atoms. The first-order valence-corrected chi connectivity index (χ1v) is 8.42. The van der Waals surface area contributed by atoms with Crippen molar-refractivity contribution in [1.82, 2.24) is 5.32 Å². The fourth-order valence-electron chi connectivity index (χ4n) is 3.25. The van der Waals surface area contributed by atoms with Crippen molar-refractivity contribution in [3.63, 3.8) is 0 Å². The summed E-state index contributed by atoms with van der Waals surface area (Å²) in [6, 6.07) is 16.4. The zero-order valence-electron chi connectivity index (χ0n) is 14.3. The average molecular weight is 324 g/mol. The lowest BCUT2D eigenvalue weighted by Gasteiger charge is -2.23. The summed E-state index contributed by atoms with van der Waals surface area (Å²) in [5, 5.41) is 3.27. The van der Waals surface area contributed by atoms with Crippen LogP contribution in [0.15, 0.2) is 48.5 Å². The van der Waals surface area contributed by atoms with Crippen molar-refractivity contribution in [2.24, 2.45) is 0 Å². The quantitative estimate of drug-likeness (QED) is 0.831. The monoisotopic (exact) mass is 324 g/mol. The van der Waals surface area contributed by atoms with E-state index in [0.717, 1.165) is 30.8 Å². The minimum atomic E-state index is 0.141. The summed E-state index contributed by atoms with van der Waals surface area (Å²) in [7, 11) is 1.67. The number of nitrogens with zero attached hydrogens (tertiary/aromatic N) is 1. The van der Waals surface area contributed by atoms with Crippen LogP contribution in [0.1, 0.15) is 18.1 Å². The van der Waals surface area contributed by atoms with E-state index in [0.29, 0.717) is 6.54 Å². The van der Waals surface area contributed by atoms with Crippen LogP contribution < -0.4 is 15.0 Å². The largest absolute Gasteiger partial charge is 0.497 e. The van der Waals surface area contributed by atoms with Gasteiger partial charge < -0.3 is 15.0 Å². The molecule has 1 amide bonds. The molecule has 0 fully saturated rings. The van der Waals surface area contributed by atoms with Gasteiger partial charge in [0.2, 0.25) is 5.91 Å². The molecule has 1 aliphatic rings. The van der Waals surface area contributed by atoms with E-state index < -0.39 is 0 Å². The van der Waals surface area contributed by atoms with E-state index >= 15 is 0 Å². The van der Waals surface area contributed by atoms with Gasteiger partial charge >= 0.3 is 0 Å². The van der Waals surface area contributed by atoms with E-state index in [1.54, 1.807) is 7.11 Å². The number of methoxy groups -OCH3 is 1. The number of para-hydroxylation sites is 1. The Bertz CT molecular complexity index is 697. The summed E-state index contributed by atoms with van der Waals surface area (Å²) in [5.41, 5.74) is 3.55. The maximum absolute atomic E-state index is 12.6. The van der Waals surface area contributed by atoms with E-state index in [-0.39, 0.29) is 11.9 Å². The lowest BCUT2D eigenvalue weighted by atomic mass is 10.1. The molecule has 1 aliphatic heterocycles. The Balaban J connectivity index is 1.49. The highest BCUT2D eigenvalue weighted by Gasteiger charge is 2.29. The lowest BCUT2D eigenvalue weighted by Crippen LogP contribution is -2.41. The minimum Gasteiger partial charge on any atom is -0.497 e. The molecule has 2 aromatic carbocycles. The van der Waals surface area contributed by atoms with Crippen LogP contribution >= 0.6 is 0 Å². The molecule has 0 saturated heterocycles. The Morgan fingerprint density at radius 2 is 1.96 bits per heavy atom. The molecule has 3 rings (SSSR count). The van der Waals surface area contributed by atoms with Gasteiger partial charge in [0.25, 0.3) is 0 Å². The predicted octanol–water partition coefficient (Wildman–Crippen LogP) is 2.81. The van der Waals surface area contributed by atoms with Gasteiger partial charge in [-0.3, -0.25) is 4.79 Å². The first-order chi connectivity index (χ1) is 11.7. The molecule has 1 heterocycles. The van der Waals surface area contributed by atoms with Gasteiger partial charge in [0, 0.05) is 11.7 Å². The molecule has 1 atom stereocenters. The number of rotatable bonds is 6. The highest BCUT2D eigenvalue weighted by molar-refractivity contribution is 5.97. The molecule has 1 N–H and O–H groups in total. The number of hydrogen-bond donors (Lipinski definition) is 1. The van der Waals surface area contributed by atoms with Gasteiger partial charge in [0.15, 0.2) is 0 Å². The fraction of sp³-hybridized carbons (Fsp3) is 0.350. The zero-order valence-corrected chi connectivity index (χ0v) is 14.3. The normalized spacial score (nSPS) is 16.1. The molecule has 1 unspecified atom stereocenters. The molecule has 0 aromatic heterocycles. The molecule has 0 saturated carbocycles. The minimum absolute atomic E-state index is 0.141. The van der Waals surface area contributed by atoms with Crippen LogP contribution in [0.25, 0.3) is 0 Å². The highest BCUT2D eigenvalue weighted by atomic mass is 16.5. The molecular weight excluding hydrogens is 300 g/mol. The maximum atomic E-state index is 12.6. The molecule has 0 spiro atoms. The second kappa shape index (κ2) is 7.49. The van der Waals surface area contributed by atoms with Crippen LogP contribution in [0.3, 0.4) is 0 Å². The fourth-order valence-corrected chi connectivity index (χ4v) is 3.25. The van der Waals surface area contributed by atoms with Crippen LogP contribution in [0, 0.1) is 0 Å². The Morgan fingerprint density at radius 3 is 2.71 bits per heavy atom. The van der Waals surface area contributed by atoms with Gasteiger partial charge in [-0.2, -0.15) is 0 Å². The molecule has 0 aliphatic carbocycles. The van der Waals surface area contributed by atoms with Gasteiger partial charge in [-0.15, -0.1) is 0 Å². The number of benzene rings is 2. The average Bonchev–Trinajstić information content (AvgIpc) is 2.95. The van der Waals surface area contributed by atoms with Crippen LogP contribution in [-0.4, -0.2) is 32.1 Å². The van der Waals surface area contributed by atoms with Gasteiger partial charge in [-0.05, 0) is 55.6 Å². The summed E-state index contributed by atoms with van der Waals surface area (Å²) in [4.78, 5) is 14.5. The third-order valence-electron chi connectivity index (χ3n) is 4.50. The Hall–Kier alpha value is -2.33. The summed E-state index contributed by atoms with van der Waals surface area (Å²) in [6.45, 7) is 3.26. The Kier molecular flexibility index (Phi) is 5.16. The molecule has 4 heteroatoms. The van der Waals surface area contributed by atoms with Crippen molar-refractivity contribution in [2.75, 3.05) is 25.1 Å². The molecule has 126 valence electrons. The van der Waals surface area contributed by atoms with E-state index in [1.807, 2.05) is 35.2 Å². The Labute approximate surface area is 143 Å². The SMILES string of the molecule is COc1ccc(CCNCC(=O)N2c3ccccc3CC2C)cc1. The topological polar surface area (TPSA) is 41.6 Å². The predicted molar refractivity (Wildman–Crippen MR) is 96.7 cm³/mol. The van der Waals surface area contributed by atoms with Crippen molar-refractivity contribution in [1.29, 1.82) is 0 Å². The number of amides is 1. The van der Waals surface area contributed by atoms with Crippen molar-refractivity contribution in [2.45, 2.75) is 25.8 Å². The van der Waals surface area contributed by atoms with E-state index in [1.165, 1.54) is 11.1 Å². The van der Waals surface area contributed by atoms with Crippen molar-refractivity contribution >= 4 is 11.6 Å². The zero-order chi connectivity index (χ0) is 16.9. The van der Waals surface area contributed by atoms with Crippen LogP contribution in [0.2, 0.25) is 0 Å². The lowest BCUT2D eigenvalue weighted by molar-refractivity contribution is -0.118. The van der Waals surface area contributed by atoms with E-state index in [4.69, 9.17) is 4.74 Å². The number of ether oxygens (including phenoxy) is 1. The molecule has 24 heavy (non-hydrogen) atoms. The number of anilines is 1. The summed E-state index contributed by atoms with van der Waals surface area (Å²) in [6.07, 6.45) is 1.83. The summed E-state index contributed by atoms with van der Waals surface area (Å²) in [5.74, 6) is 1.01. The van der Waals surface area contributed by atoms with Gasteiger partial charge in [-0.1, -0.05) is 30.3 Å². The standard InChI is InChI=1S/C20H24N2O2/c1-15-13-17-5-3-4-6-19(17)22(15)20(23)14-21-12-11-16-7-9-18(24-2)10-8-16/h3-10,15,21H,11-14H2,1-2H3. The number of nitrogens with one attached hydrogen (secondary N) is 1. The van der Waals surface area contributed by atoms with Crippen LogP contribution in [0.5, 0.6) is 5.75 Å². The van der Waals surface area contributed by atoms with Crippen molar-refractivity contribution in [3.05, 3.63) is 59.7 Å². The number of carbonyl (C=O) groups is 1. The molecule has 4 nitrogen and oxygen atoms in total. The first-order valence-electron chi connectivity index (χ1n) is 8.42. The smallest absolute Gasteiger partial charge is 0.241 e. The van der Waals surface area contributed by atoms with Crippen molar-refractivity contribution in [3.8, 4) is 5.75 Å². The van der Waals surface area contributed by atoms with Gasteiger partial charge in [-0.25, -0.2) is 0 Å². The van der Waals surface area contributed by atoms with Crippen LogP contribution in [-0.2, 0) is 17.6 Å². The molecule has 2 aromatic rings. The van der Waals surface area contributed by atoms with E-state index in [9.17, 15) is 4.79 Å². The highest BCUT2D eigenvalue weighted by Crippen LogP contribution is 2.31. The maximum Gasteiger partial charge on any atom is 0.241 e. The second-order valence-electron chi connectivity index (χ2n) is 6.22. The molecular formula is C20H24N2O2. The number of fused-ring (bicyclic) bond motifs is 1. The third-order valence-corrected chi connectivity index (χ3v) is 4.50. The van der Waals surface area contributed by atoms with Gasteiger partial charge in [0.05, 0.1) is 13.7 Å². The van der Waals surface area contributed by atoms with Crippen molar-refractivity contribution < 1.29 is 9.53 Å². The summed E-state index contributed by atoms with van der Waals surface area (Å²) >= 11 is 0. The first kappa shape index (κ1) is 16.5. The number of hydrogen-bond acceptors (Lipinski definition) is 3. The van der Waals surface area contributed by atoms with Gasteiger partial charge in [0.1, 0.15) is 5.75 Å². The molecule has 0 radical (unpaired) electrons. The Morgan fingerprint density at radius 1 is 1.21 bits per heavy atom. The second-order valence-corrected chi connectivity index (χ2v) is 6.22. The summed E-state index contributed by atoms with van der Waals surface area (Å²) < 4.78 is 5.16. The van der Waals surface area contributed by atoms with Crippen LogP contribution in [0.4, 0.5) is 5.69 Å². The third kappa shape index (κ3) is 3.60.